The van der Waals surface area contributed by atoms with Crippen molar-refractivity contribution in [2.24, 2.45) is 0 Å². The number of carbonyl (C=O) groups is 1. The highest BCUT2D eigenvalue weighted by molar-refractivity contribution is 6.30. The molecule has 1 N–H and O–H groups in total. The fourth-order valence-corrected chi connectivity index (χ4v) is 3.45. The molecule has 3 rings (SSSR count). The molecule has 114 valence electrons. The van der Waals surface area contributed by atoms with E-state index >= 15 is 0 Å². The minimum atomic E-state index is -0.784. The minimum absolute atomic E-state index is 0.155. The highest BCUT2D eigenvalue weighted by atomic mass is 35.5. The predicted molar refractivity (Wildman–Crippen MR) is 86.6 cm³/mol. The van der Waals surface area contributed by atoms with Crippen LogP contribution < -0.4 is 5.32 Å². The molecule has 2 aromatic rings. The Morgan fingerprint density at radius 2 is 1.82 bits per heavy atom. The molecule has 0 aromatic heterocycles. The van der Waals surface area contributed by atoms with Gasteiger partial charge in [0.05, 0.1) is 5.41 Å². The quantitative estimate of drug-likeness (QED) is 0.854. The zero-order valence-electron chi connectivity index (χ0n) is 12.1. The summed E-state index contributed by atoms with van der Waals surface area (Å²) in [5.74, 6) is -0.469. The van der Waals surface area contributed by atoms with Gasteiger partial charge < -0.3 is 5.32 Å². The third kappa shape index (κ3) is 2.73. The summed E-state index contributed by atoms with van der Waals surface area (Å²) in [4.78, 5) is 12.9. The second-order valence-corrected chi connectivity index (χ2v) is 6.17. The first-order valence-electron chi connectivity index (χ1n) is 7.44. The average molecular weight is 318 g/mol. The van der Waals surface area contributed by atoms with E-state index in [9.17, 15) is 9.18 Å². The lowest BCUT2D eigenvalue weighted by Gasteiger charge is -2.28. The molecule has 1 saturated carbocycles. The van der Waals surface area contributed by atoms with Crippen molar-refractivity contribution in [3.8, 4) is 0 Å². The topological polar surface area (TPSA) is 29.1 Å². The van der Waals surface area contributed by atoms with Gasteiger partial charge in [-0.3, -0.25) is 4.79 Å². The van der Waals surface area contributed by atoms with Crippen molar-refractivity contribution in [1.29, 1.82) is 0 Å². The van der Waals surface area contributed by atoms with Crippen molar-refractivity contribution in [3.05, 3.63) is 64.9 Å². The second kappa shape index (κ2) is 6.09. The molecule has 1 fully saturated rings. The van der Waals surface area contributed by atoms with Gasteiger partial charge in [-0.25, -0.2) is 4.39 Å². The van der Waals surface area contributed by atoms with E-state index in [4.69, 9.17) is 11.6 Å². The molecule has 0 heterocycles. The maximum atomic E-state index is 14.2. The maximum absolute atomic E-state index is 14.2. The van der Waals surface area contributed by atoms with E-state index < -0.39 is 5.41 Å². The highest BCUT2D eigenvalue weighted by Crippen LogP contribution is 2.43. The largest absolute Gasteiger partial charge is 0.325 e. The Morgan fingerprint density at radius 3 is 2.50 bits per heavy atom. The van der Waals surface area contributed by atoms with Gasteiger partial charge in [0.25, 0.3) is 0 Å². The van der Waals surface area contributed by atoms with Crippen LogP contribution >= 0.6 is 11.6 Å². The smallest absolute Gasteiger partial charge is 0.235 e. The summed E-state index contributed by atoms with van der Waals surface area (Å²) in [6, 6.07) is 13.6. The molecule has 0 radical (unpaired) electrons. The van der Waals surface area contributed by atoms with E-state index in [-0.39, 0.29) is 11.7 Å². The molecule has 0 atom stereocenters. The Morgan fingerprint density at radius 1 is 1.09 bits per heavy atom. The number of benzene rings is 2. The SMILES string of the molecule is O=C(Nc1cccc(Cl)c1)C1(c2ccccc2F)CCCC1. The number of halogens is 2. The zero-order valence-corrected chi connectivity index (χ0v) is 12.9. The predicted octanol–water partition coefficient (Wildman–Crippen LogP) is 4.93. The third-order valence-corrected chi connectivity index (χ3v) is 4.60. The van der Waals surface area contributed by atoms with E-state index in [0.29, 0.717) is 29.1 Å². The molecule has 0 aliphatic heterocycles. The fraction of sp³-hybridized carbons (Fsp3) is 0.278. The van der Waals surface area contributed by atoms with Crippen LogP contribution in [-0.4, -0.2) is 5.91 Å². The summed E-state index contributed by atoms with van der Waals surface area (Å²) in [5, 5.41) is 3.46. The zero-order chi connectivity index (χ0) is 15.6. The Kier molecular flexibility index (Phi) is 4.16. The first-order valence-corrected chi connectivity index (χ1v) is 7.82. The van der Waals surface area contributed by atoms with Gasteiger partial charge >= 0.3 is 0 Å². The number of hydrogen-bond donors (Lipinski definition) is 1. The van der Waals surface area contributed by atoms with Gasteiger partial charge in [-0.05, 0) is 37.1 Å². The molecule has 2 aromatic carbocycles. The summed E-state index contributed by atoms with van der Waals surface area (Å²) in [6.45, 7) is 0. The fourth-order valence-electron chi connectivity index (χ4n) is 3.26. The van der Waals surface area contributed by atoms with Crippen molar-refractivity contribution in [2.75, 3.05) is 5.32 Å². The van der Waals surface area contributed by atoms with Gasteiger partial charge in [-0.2, -0.15) is 0 Å². The van der Waals surface area contributed by atoms with Gasteiger partial charge in [0, 0.05) is 16.3 Å². The van der Waals surface area contributed by atoms with Crippen LogP contribution in [-0.2, 0) is 10.2 Å². The van der Waals surface area contributed by atoms with E-state index in [1.54, 1.807) is 42.5 Å². The monoisotopic (exact) mass is 317 g/mol. The van der Waals surface area contributed by atoms with Crippen LogP contribution in [0, 0.1) is 5.82 Å². The van der Waals surface area contributed by atoms with Crippen LogP contribution in [0.3, 0.4) is 0 Å². The van der Waals surface area contributed by atoms with Crippen LogP contribution in [0.2, 0.25) is 5.02 Å². The average Bonchev–Trinajstić information content (AvgIpc) is 2.98. The van der Waals surface area contributed by atoms with Crippen LogP contribution in [0.4, 0.5) is 10.1 Å². The standard InChI is InChI=1S/C18H17ClFNO/c19-13-6-5-7-14(12-13)21-17(22)18(10-3-4-11-18)15-8-1-2-9-16(15)20/h1-2,5-9,12H,3-4,10-11H2,(H,21,22). The van der Waals surface area contributed by atoms with Gasteiger partial charge in [0.15, 0.2) is 0 Å². The van der Waals surface area contributed by atoms with Crippen molar-refractivity contribution in [2.45, 2.75) is 31.1 Å². The molecule has 1 aliphatic rings. The molecule has 2 nitrogen and oxygen atoms in total. The summed E-state index contributed by atoms with van der Waals surface area (Å²) < 4.78 is 14.2. The molecular weight excluding hydrogens is 301 g/mol. The molecule has 4 heteroatoms. The van der Waals surface area contributed by atoms with Gasteiger partial charge in [-0.1, -0.05) is 48.7 Å². The molecule has 0 bridgehead atoms. The summed E-state index contributed by atoms with van der Waals surface area (Å²) in [7, 11) is 0. The molecular formula is C18H17ClFNO. The summed E-state index contributed by atoms with van der Waals surface area (Å²) >= 11 is 5.95. The molecule has 22 heavy (non-hydrogen) atoms. The van der Waals surface area contributed by atoms with Crippen LogP contribution in [0.25, 0.3) is 0 Å². The summed E-state index contributed by atoms with van der Waals surface area (Å²) in [5.41, 5.74) is 0.348. The lowest BCUT2D eigenvalue weighted by molar-refractivity contribution is -0.121. The van der Waals surface area contributed by atoms with Gasteiger partial charge in [-0.15, -0.1) is 0 Å². The molecule has 0 saturated heterocycles. The number of nitrogens with one attached hydrogen (secondary N) is 1. The minimum Gasteiger partial charge on any atom is -0.325 e. The van der Waals surface area contributed by atoms with E-state index in [1.807, 2.05) is 0 Å². The number of rotatable bonds is 3. The number of anilines is 1. The Balaban J connectivity index is 1.94. The van der Waals surface area contributed by atoms with Crippen molar-refractivity contribution >= 4 is 23.2 Å². The lowest BCUT2D eigenvalue weighted by Crippen LogP contribution is -2.38. The normalized spacial score (nSPS) is 16.5. The Labute approximate surface area is 134 Å². The Bertz CT molecular complexity index is 695. The molecule has 1 aliphatic carbocycles. The first-order chi connectivity index (χ1) is 10.6. The van der Waals surface area contributed by atoms with Crippen LogP contribution in [0.1, 0.15) is 31.2 Å². The van der Waals surface area contributed by atoms with Crippen molar-refractivity contribution in [3.63, 3.8) is 0 Å². The van der Waals surface area contributed by atoms with E-state index in [2.05, 4.69) is 5.32 Å². The highest BCUT2D eigenvalue weighted by Gasteiger charge is 2.44. The summed E-state index contributed by atoms with van der Waals surface area (Å²) in [6.07, 6.45) is 3.19. The van der Waals surface area contributed by atoms with Crippen molar-refractivity contribution < 1.29 is 9.18 Å². The molecule has 0 unspecified atom stereocenters. The lowest BCUT2D eigenvalue weighted by atomic mass is 9.77. The van der Waals surface area contributed by atoms with Crippen LogP contribution in [0.5, 0.6) is 0 Å². The first kappa shape index (κ1) is 15.0. The van der Waals surface area contributed by atoms with Crippen molar-refractivity contribution in [1.82, 2.24) is 0 Å². The van der Waals surface area contributed by atoms with E-state index in [0.717, 1.165) is 12.8 Å². The van der Waals surface area contributed by atoms with Gasteiger partial charge in [0.1, 0.15) is 5.82 Å². The number of amides is 1. The Hall–Kier alpha value is -1.87. The second-order valence-electron chi connectivity index (χ2n) is 5.73. The molecule has 1 amide bonds. The number of hydrogen-bond acceptors (Lipinski definition) is 1. The third-order valence-electron chi connectivity index (χ3n) is 4.36. The number of carbonyl (C=O) groups excluding carboxylic acids is 1. The van der Waals surface area contributed by atoms with Gasteiger partial charge in [0.2, 0.25) is 5.91 Å². The van der Waals surface area contributed by atoms with Crippen LogP contribution in [0.15, 0.2) is 48.5 Å². The maximum Gasteiger partial charge on any atom is 0.235 e. The molecule has 0 spiro atoms. The van der Waals surface area contributed by atoms with E-state index in [1.165, 1.54) is 6.07 Å².